The third kappa shape index (κ3) is 11.4. The number of hydrogen-bond acceptors (Lipinski definition) is 4. The molecule has 12 aromatic carbocycles. The average Bonchev–Trinajstić information content (AvgIpc) is 3.54. The summed E-state index contributed by atoms with van der Waals surface area (Å²) in [4.78, 5) is 9.24. The molecule has 0 heterocycles. The summed E-state index contributed by atoms with van der Waals surface area (Å²) in [5.41, 5.74) is 19.4. The van der Waals surface area contributed by atoms with E-state index < -0.39 is 0 Å². The maximum atomic E-state index is 2.35. The average molecular weight is 1030 g/mol. The minimum Gasteiger partial charge on any atom is -0.311 e. The predicted octanol–water partition coefficient (Wildman–Crippen LogP) is 21.3. The summed E-state index contributed by atoms with van der Waals surface area (Å²) in [6.07, 6.45) is 4.70. The molecule has 0 unspecified atom stereocenters. The maximum Gasteiger partial charge on any atom is 0.0462 e. The number of rotatable bonds is 17. The van der Waals surface area contributed by atoms with Crippen molar-refractivity contribution in [1.82, 2.24) is 0 Å². The van der Waals surface area contributed by atoms with Crippen molar-refractivity contribution in [2.45, 2.75) is 0 Å². The second-order valence-corrected chi connectivity index (χ2v) is 19.4. The number of nitrogens with zero attached hydrogens (tertiary/aromatic N) is 4. The van der Waals surface area contributed by atoms with E-state index in [0.29, 0.717) is 0 Å². The fourth-order valence-corrected chi connectivity index (χ4v) is 10.4. The molecule has 0 radical (unpaired) electrons. The third-order valence-electron chi connectivity index (χ3n) is 14.2. The fraction of sp³-hybridized carbons (Fsp3) is 0. The highest BCUT2D eigenvalue weighted by atomic mass is 15.2. The Morgan fingerprint density at radius 3 is 0.487 bits per heavy atom. The summed E-state index contributed by atoms with van der Waals surface area (Å²) in [6.45, 7) is 0. The highest BCUT2D eigenvalue weighted by Gasteiger charge is 2.19. The molecule has 0 N–H and O–H groups in total. The first-order valence-electron chi connectivity index (χ1n) is 27.2. The Morgan fingerprint density at radius 1 is 0.163 bits per heavy atom. The van der Waals surface area contributed by atoms with Crippen LogP contribution in [0, 0.1) is 0 Å². The van der Waals surface area contributed by atoms with Crippen molar-refractivity contribution in [3.8, 4) is 0 Å². The van der Waals surface area contributed by atoms with Crippen molar-refractivity contribution in [1.29, 1.82) is 0 Å². The Hall–Kier alpha value is -10.7. The van der Waals surface area contributed by atoms with Crippen LogP contribution in [0.1, 0.15) is 22.3 Å². The Bertz CT molecular complexity index is 3490. The summed E-state index contributed by atoms with van der Waals surface area (Å²) in [7, 11) is 0. The van der Waals surface area contributed by atoms with Crippen LogP contribution >= 0.6 is 0 Å². The van der Waals surface area contributed by atoms with Gasteiger partial charge in [-0.2, -0.15) is 0 Å². The maximum absolute atomic E-state index is 2.35. The second kappa shape index (κ2) is 24.1. The zero-order chi connectivity index (χ0) is 53.7. The molecule has 0 fully saturated rings. The van der Waals surface area contributed by atoms with Gasteiger partial charge in [-0.15, -0.1) is 0 Å². The van der Waals surface area contributed by atoms with Crippen LogP contribution in [-0.4, -0.2) is 0 Å². The van der Waals surface area contributed by atoms with E-state index in [-0.39, 0.29) is 0 Å². The van der Waals surface area contributed by atoms with Gasteiger partial charge in [0.2, 0.25) is 0 Å². The zero-order valence-electron chi connectivity index (χ0n) is 44.3. The number of hydrogen-bond donors (Lipinski definition) is 0. The molecule has 4 heteroatoms. The Kier molecular flexibility index (Phi) is 15.1. The van der Waals surface area contributed by atoms with E-state index in [4.69, 9.17) is 0 Å². The van der Waals surface area contributed by atoms with E-state index in [9.17, 15) is 0 Å². The molecule has 12 aromatic rings. The molecule has 0 atom stereocenters. The van der Waals surface area contributed by atoms with Crippen molar-refractivity contribution in [2.24, 2.45) is 0 Å². The lowest BCUT2D eigenvalue weighted by Crippen LogP contribution is -2.10. The second-order valence-electron chi connectivity index (χ2n) is 19.4. The highest BCUT2D eigenvalue weighted by molar-refractivity contribution is 6.16. The van der Waals surface area contributed by atoms with Gasteiger partial charge < -0.3 is 19.6 Å². The van der Waals surface area contributed by atoms with E-state index >= 15 is 0 Å². The molecule has 80 heavy (non-hydrogen) atoms. The van der Waals surface area contributed by atoms with Crippen molar-refractivity contribution in [2.75, 3.05) is 19.6 Å². The molecule has 0 aliphatic heterocycles. The summed E-state index contributed by atoms with van der Waals surface area (Å²) >= 11 is 0. The molecule has 0 aliphatic rings. The standard InChI is InChI=1S/C76H58N4/c1-9-25-63(26-10-1)77(64-27-11-2-12-28-64)71-49-41-59(42-50-71)57-75(61-45-53-73(54-46-61)79(67-33-17-5-18-34-67)68-35-19-6-20-36-68)76(62-47-55-74(56-48-62)80(69-37-21-7-22-38-69)70-39-23-8-24-40-70)58-60-43-51-72(52-44-60)78(65-29-13-3-14-30-65)66-31-15-4-16-32-66/h1-58H/b75-57-,76-58-. The van der Waals surface area contributed by atoms with Gasteiger partial charge in [-0.25, -0.2) is 0 Å². The zero-order valence-corrected chi connectivity index (χ0v) is 44.3. The molecule has 0 spiro atoms. The van der Waals surface area contributed by atoms with Gasteiger partial charge in [-0.1, -0.05) is 194 Å². The normalized spacial score (nSPS) is 11.4. The largest absolute Gasteiger partial charge is 0.311 e. The van der Waals surface area contributed by atoms with Gasteiger partial charge in [-0.3, -0.25) is 0 Å². The summed E-state index contributed by atoms with van der Waals surface area (Å²) < 4.78 is 0. The number of anilines is 12. The summed E-state index contributed by atoms with van der Waals surface area (Å²) in [6, 6.07) is 121. The van der Waals surface area contributed by atoms with Crippen LogP contribution in [0.3, 0.4) is 0 Å². The molecule has 4 nitrogen and oxygen atoms in total. The Balaban J connectivity index is 1.02. The molecule has 382 valence electrons. The molecule has 0 aromatic heterocycles. The molecular formula is C76H58N4. The third-order valence-corrected chi connectivity index (χ3v) is 14.2. The first-order valence-corrected chi connectivity index (χ1v) is 27.2. The summed E-state index contributed by atoms with van der Waals surface area (Å²) in [5.74, 6) is 0. The van der Waals surface area contributed by atoms with Crippen molar-refractivity contribution >= 4 is 91.5 Å². The summed E-state index contributed by atoms with van der Waals surface area (Å²) in [5, 5.41) is 0. The monoisotopic (exact) mass is 1030 g/mol. The van der Waals surface area contributed by atoms with Crippen LogP contribution in [0.5, 0.6) is 0 Å². The lowest BCUT2D eigenvalue weighted by molar-refractivity contribution is 1.28. The molecule has 0 amide bonds. The minimum atomic E-state index is 1.06. The van der Waals surface area contributed by atoms with Gasteiger partial charge in [0, 0.05) is 68.2 Å². The van der Waals surface area contributed by atoms with Crippen LogP contribution in [0.2, 0.25) is 0 Å². The minimum absolute atomic E-state index is 1.06. The smallest absolute Gasteiger partial charge is 0.0462 e. The van der Waals surface area contributed by atoms with Gasteiger partial charge >= 0.3 is 0 Å². The van der Waals surface area contributed by atoms with E-state index in [0.717, 1.165) is 102 Å². The van der Waals surface area contributed by atoms with Gasteiger partial charge in [0.15, 0.2) is 0 Å². The number of allylic oxidation sites excluding steroid dienone is 2. The quantitative estimate of drug-likeness (QED) is 0.0665. The molecule has 12 rings (SSSR count). The molecular weight excluding hydrogens is 969 g/mol. The van der Waals surface area contributed by atoms with Crippen LogP contribution in [0.25, 0.3) is 23.3 Å². The van der Waals surface area contributed by atoms with E-state index in [1.807, 2.05) is 0 Å². The van der Waals surface area contributed by atoms with Crippen LogP contribution in [0.4, 0.5) is 68.2 Å². The van der Waals surface area contributed by atoms with Crippen LogP contribution in [-0.2, 0) is 0 Å². The molecule has 0 saturated carbocycles. The Morgan fingerprint density at radius 2 is 0.312 bits per heavy atom. The lowest BCUT2D eigenvalue weighted by atomic mass is 9.89. The van der Waals surface area contributed by atoms with E-state index in [1.165, 1.54) is 0 Å². The number of para-hydroxylation sites is 8. The van der Waals surface area contributed by atoms with Gasteiger partial charge in [0.25, 0.3) is 0 Å². The Labute approximate surface area is 470 Å². The van der Waals surface area contributed by atoms with Crippen molar-refractivity contribution in [3.05, 3.63) is 362 Å². The SMILES string of the molecule is C(=C(/C(=C\c1ccc(N(c2ccccc2)c2ccccc2)cc1)c1ccc(N(c2ccccc2)c2ccccc2)cc1)c1ccc(N(c2ccccc2)c2ccccc2)cc1)/c1ccc(N(c2ccccc2)c2ccccc2)cc1. The van der Waals surface area contributed by atoms with Crippen LogP contribution in [0.15, 0.2) is 340 Å². The van der Waals surface area contributed by atoms with E-state index in [2.05, 4.69) is 371 Å². The topological polar surface area (TPSA) is 13.0 Å². The molecule has 0 bridgehead atoms. The number of benzene rings is 12. The highest BCUT2D eigenvalue weighted by Crippen LogP contribution is 2.43. The predicted molar refractivity (Wildman–Crippen MR) is 340 cm³/mol. The van der Waals surface area contributed by atoms with Gasteiger partial charge in [-0.05, 0) is 191 Å². The van der Waals surface area contributed by atoms with E-state index in [1.54, 1.807) is 0 Å². The fourth-order valence-electron chi connectivity index (χ4n) is 10.4. The molecule has 0 aliphatic carbocycles. The van der Waals surface area contributed by atoms with Gasteiger partial charge in [0.05, 0.1) is 0 Å². The van der Waals surface area contributed by atoms with Crippen molar-refractivity contribution < 1.29 is 0 Å². The van der Waals surface area contributed by atoms with Crippen LogP contribution < -0.4 is 19.6 Å². The first kappa shape index (κ1) is 50.2. The lowest BCUT2D eigenvalue weighted by Gasteiger charge is -2.26. The first-order chi connectivity index (χ1) is 39.7. The molecule has 0 saturated heterocycles. The van der Waals surface area contributed by atoms with Gasteiger partial charge in [0.1, 0.15) is 0 Å². The van der Waals surface area contributed by atoms with Crippen molar-refractivity contribution in [3.63, 3.8) is 0 Å².